The zero-order valence-corrected chi connectivity index (χ0v) is 15.7. The molecule has 0 aliphatic heterocycles. The second-order valence-corrected chi connectivity index (χ2v) is 5.25. The smallest absolute Gasteiger partial charge is 0.225 e. The van der Waals surface area contributed by atoms with Gasteiger partial charge in [0.15, 0.2) is 11.5 Å². The number of nitrogens with two attached hydrogens (primary N) is 1. The van der Waals surface area contributed by atoms with Crippen molar-refractivity contribution in [2.24, 2.45) is 5.73 Å². The molecule has 1 aromatic carbocycles. The van der Waals surface area contributed by atoms with Gasteiger partial charge in [-0.15, -0.1) is 24.8 Å². The molecule has 0 saturated heterocycles. The summed E-state index contributed by atoms with van der Waals surface area (Å²) >= 11 is 0. The SMILES string of the molecule is COc1ccc(NC(=O)CC(C)N)cc1OCc1cccnc1.Cl.Cl. The predicted molar refractivity (Wildman–Crippen MR) is 103 cm³/mol. The van der Waals surface area contributed by atoms with E-state index in [1.807, 2.05) is 12.1 Å². The topological polar surface area (TPSA) is 86.5 Å². The third-order valence-corrected chi connectivity index (χ3v) is 3.07. The Bertz CT molecular complexity index is 655. The molecule has 0 radical (unpaired) electrons. The number of nitrogens with zero attached hydrogens (tertiary/aromatic N) is 1. The van der Waals surface area contributed by atoms with Gasteiger partial charge in [-0.3, -0.25) is 9.78 Å². The molecule has 0 saturated carbocycles. The summed E-state index contributed by atoms with van der Waals surface area (Å²) < 4.78 is 11.1. The number of anilines is 1. The molecule has 2 aromatic rings. The second kappa shape index (κ2) is 11.5. The predicted octanol–water partition coefficient (Wildman–Crippen LogP) is 3.19. The molecule has 2 rings (SSSR count). The fourth-order valence-corrected chi connectivity index (χ4v) is 2.02. The number of hydrogen-bond acceptors (Lipinski definition) is 5. The zero-order valence-electron chi connectivity index (χ0n) is 14.1. The fourth-order valence-electron chi connectivity index (χ4n) is 2.02. The van der Waals surface area contributed by atoms with E-state index < -0.39 is 0 Å². The molecule has 0 bridgehead atoms. The molecule has 1 amide bonds. The summed E-state index contributed by atoms with van der Waals surface area (Å²) in [5.74, 6) is 1.01. The number of hydrogen-bond donors (Lipinski definition) is 2. The summed E-state index contributed by atoms with van der Waals surface area (Å²) in [4.78, 5) is 15.8. The molecule has 1 aromatic heterocycles. The third-order valence-electron chi connectivity index (χ3n) is 3.07. The average molecular weight is 388 g/mol. The van der Waals surface area contributed by atoms with Gasteiger partial charge >= 0.3 is 0 Å². The summed E-state index contributed by atoms with van der Waals surface area (Å²) in [6.45, 7) is 2.15. The number of ether oxygens (including phenoxy) is 2. The van der Waals surface area contributed by atoms with Crippen molar-refractivity contribution in [3.63, 3.8) is 0 Å². The Morgan fingerprint density at radius 2 is 2.04 bits per heavy atom. The molecular weight excluding hydrogens is 365 g/mol. The van der Waals surface area contributed by atoms with E-state index in [4.69, 9.17) is 15.2 Å². The summed E-state index contributed by atoms with van der Waals surface area (Å²) in [7, 11) is 1.57. The Morgan fingerprint density at radius 3 is 2.64 bits per heavy atom. The molecule has 138 valence electrons. The first-order valence-electron chi connectivity index (χ1n) is 7.33. The highest BCUT2D eigenvalue weighted by molar-refractivity contribution is 5.91. The molecule has 1 unspecified atom stereocenters. The summed E-state index contributed by atoms with van der Waals surface area (Å²) in [5.41, 5.74) is 7.21. The largest absolute Gasteiger partial charge is 0.493 e. The van der Waals surface area contributed by atoms with Gasteiger partial charge in [0.05, 0.1) is 7.11 Å². The number of methoxy groups -OCH3 is 1. The summed E-state index contributed by atoms with van der Waals surface area (Å²) in [6.07, 6.45) is 3.71. The highest BCUT2D eigenvalue weighted by Gasteiger charge is 2.10. The van der Waals surface area contributed by atoms with Gasteiger partial charge in [-0.25, -0.2) is 0 Å². The van der Waals surface area contributed by atoms with Crippen LogP contribution in [0.2, 0.25) is 0 Å². The van der Waals surface area contributed by atoms with Gasteiger partial charge in [-0.1, -0.05) is 6.07 Å². The van der Waals surface area contributed by atoms with Crippen LogP contribution in [0.25, 0.3) is 0 Å². The molecule has 0 aliphatic carbocycles. The van der Waals surface area contributed by atoms with Crippen molar-refractivity contribution in [3.8, 4) is 11.5 Å². The minimum absolute atomic E-state index is 0. The lowest BCUT2D eigenvalue weighted by atomic mass is 10.2. The average Bonchev–Trinajstić information content (AvgIpc) is 2.53. The summed E-state index contributed by atoms with van der Waals surface area (Å²) in [6, 6.07) is 8.83. The van der Waals surface area contributed by atoms with Crippen LogP contribution in [-0.2, 0) is 11.4 Å². The molecule has 0 aliphatic rings. The number of carbonyl (C=O) groups is 1. The van der Waals surface area contributed by atoms with Crippen LogP contribution in [0.1, 0.15) is 18.9 Å². The number of halogens is 2. The van der Waals surface area contributed by atoms with Crippen LogP contribution in [0.3, 0.4) is 0 Å². The van der Waals surface area contributed by atoms with Gasteiger partial charge in [0, 0.05) is 42.2 Å². The molecule has 1 heterocycles. The number of amides is 1. The number of pyridine rings is 1. The first-order chi connectivity index (χ1) is 11.1. The van der Waals surface area contributed by atoms with Crippen molar-refractivity contribution >= 4 is 36.4 Å². The van der Waals surface area contributed by atoms with E-state index in [1.165, 1.54) is 0 Å². The first-order valence-corrected chi connectivity index (χ1v) is 7.33. The minimum Gasteiger partial charge on any atom is -0.493 e. The van der Waals surface area contributed by atoms with Gasteiger partial charge in [0.25, 0.3) is 0 Å². The monoisotopic (exact) mass is 387 g/mol. The van der Waals surface area contributed by atoms with E-state index in [0.29, 0.717) is 23.8 Å². The fraction of sp³-hybridized carbons (Fsp3) is 0.294. The Kier molecular flexibility index (Phi) is 10.6. The highest BCUT2D eigenvalue weighted by Crippen LogP contribution is 2.31. The van der Waals surface area contributed by atoms with Crippen LogP contribution in [0.4, 0.5) is 5.69 Å². The zero-order chi connectivity index (χ0) is 16.7. The molecule has 0 spiro atoms. The molecule has 6 nitrogen and oxygen atoms in total. The molecule has 0 fully saturated rings. The summed E-state index contributed by atoms with van der Waals surface area (Å²) in [5, 5.41) is 2.80. The van der Waals surface area contributed by atoms with Crippen LogP contribution in [0, 0.1) is 0 Å². The first kappa shape index (κ1) is 23.0. The van der Waals surface area contributed by atoms with Gasteiger partial charge in [0.1, 0.15) is 6.61 Å². The number of benzene rings is 1. The Balaban J connectivity index is 0.00000288. The van der Waals surface area contributed by atoms with E-state index in [1.54, 1.807) is 44.6 Å². The van der Waals surface area contributed by atoms with Crippen LogP contribution in [0.15, 0.2) is 42.7 Å². The molecule has 1 atom stereocenters. The van der Waals surface area contributed by atoms with Crippen molar-refractivity contribution in [2.45, 2.75) is 26.0 Å². The number of nitrogens with one attached hydrogen (secondary N) is 1. The molecular formula is C17H23Cl2N3O3. The lowest BCUT2D eigenvalue weighted by Crippen LogP contribution is -2.23. The van der Waals surface area contributed by atoms with Gasteiger partial charge in [-0.2, -0.15) is 0 Å². The van der Waals surface area contributed by atoms with Crippen LogP contribution >= 0.6 is 24.8 Å². The maximum absolute atomic E-state index is 11.8. The minimum atomic E-state index is -0.186. The van der Waals surface area contributed by atoms with Crippen LogP contribution in [-0.4, -0.2) is 24.0 Å². The van der Waals surface area contributed by atoms with Crippen LogP contribution < -0.4 is 20.5 Å². The van der Waals surface area contributed by atoms with Crippen LogP contribution in [0.5, 0.6) is 11.5 Å². The number of rotatable bonds is 7. The Labute approximate surface area is 159 Å². The quantitative estimate of drug-likeness (QED) is 0.761. The van der Waals surface area contributed by atoms with E-state index in [9.17, 15) is 4.79 Å². The number of aromatic nitrogens is 1. The Morgan fingerprint density at radius 1 is 1.28 bits per heavy atom. The van der Waals surface area contributed by atoms with E-state index in [-0.39, 0.29) is 43.2 Å². The maximum Gasteiger partial charge on any atom is 0.225 e. The second-order valence-electron chi connectivity index (χ2n) is 5.25. The van der Waals surface area contributed by atoms with Crippen molar-refractivity contribution in [2.75, 3.05) is 12.4 Å². The standard InChI is InChI=1S/C17H21N3O3.2ClH/c1-12(18)8-17(21)20-14-5-6-15(22-2)16(9-14)23-11-13-4-3-7-19-10-13;;/h3-7,9-10,12H,8,11,18H2,1-2H3,(H,20,21);2*1H. The van der Waals surface area contributed by atoms with Gasteiger partial charge in [0.2, 0.25) is 5.91 Å². The van der Waals surface area contributed by atoms with Gasteiger partial charge in [-0.05, 0) is 25.1 Å². The van der Waals surface area contributed by atoms with Crippen molar-refractivity contribution in [1.82, 2.24) is 4.98 Å². The van der Waals surface area contributed by atoms with Crippen molar-refractivity contribution in [1.29, 1.82) is 0 Å². The maximum atomic E-state index is 11.8. The lowest BCUT2D eigenvalue weighted by Gasteiger charge is -2.13. The molecule has 3 N–H and O–H groups in total. The van der Waals surface area contributed by atoms with Crippen molar-refractivity contribution in [3.05, 3.63) is 48.3 Å². The third kappa shape index (κ3) is 7.60. The van der Waals surface area contributed by atoms with E-state index in [0.717, 1.165) is 5.56 Å². The van der Waals surface area contributed by atoms with E-state index in [2.05, 4.69) is 10.3 Å². The normalized spacial score (nSPS) is 10.7. The van der Waals surface area contributed by atoms with E-state index >= 15 is 0 Å². The Hall–Kier alpha value is -2.02. The lowest BCUT2D eigenvalue weighted by molar-refractivity contribution is -0.116. The molecule has 8 heteroatoms. The highest BCUT2D eigenvalue weighted by atomic mass is 35.5. The molecule has 25 heavy (non-hydrogen) atoms. The number of carbonyl (C=O) groups excluding carboxylic acids is 1. The van der Waals surface area contributed by atoms with Crippen molar-refractivity contribution < 1.29 is 14.3 Å². The van der Waals surface area contributed by atoms with Gasteiger partial charge < -0.3 is 20.5 Å².